The first-order valence-electron chi connectivity index (χ1n) is 5.96. The highest BCUT2D eigenvalue weighted by Gasteiger charge is 2.15. The van der Waals surface area contributed by atoms with Gasteiger partial charge in [-0.1, -0.05) is 19.1 Å². The van der Waals surface area contributed by atoms with Gasteiger partial charge in [0.15, 0.2) is 0 Å². The lowest BCUT2D eigenvalue weighted by Gasteiger charge is -2.10. The first-order valence-corrected chi connectivity index (χ1v) is 5.96. The van der Waals surface area contributed by atoms with Gasteiger partial charge in [0.2, 0.25) is 5.91 Å². The van der Waals surface area contributed by atoms with E-state index in [1.165, 1.54) is 0 Å². The van der Waals surface area contributed by atoms with Crippen molar-refractivity contribution in [1.82, 2.24) is 25.6 Å². The number of hydrogen-bond acceptors (Lipinski definition) is 4. The van der Waals surface area contributed by atoms with Gasteiger partial charge in [-0.25, -0.2) is 4.68 Å². The highest BCUT2D eigenvalue weighted by atomic mass is 16.2. The van der Waals surface area contributed by atoms with Crippen molar-refractivity contribution in [2.45, 2.75) is 46.3 Å². The van der Waals surface area contributed by atoms with Crippen molar-refractivity contribution in [3.8, 4) is 0 Å². The van der Waals surface area contributed by atoms with E-state index >= 15 is 0 Å². The van der Waals surface area contributed by atoms with Gasteiger partial charge in [-0.3, -0.25) is 4.79 Å². The fourth-order valence-electron chi connectivity index (χ4n) is 1.33. The van der Waals surface area contributed by atoms with E-state index in [-0.39, 0.29) is 11.9 Å². The number of aromatic nitrogens is 3. The Morgan fingerprint density at radius 2 is 2.18 bits per heavy atom. The summed E-state index contributed by atoms with van der Waals surface area (Å²) < 4.78 is 1.59. The molecule has 1 heterocycles. The average Bonchev–Trinajstić information content (AvgIpc) is 2.74. The molecule has 2 N–H and O–H groups in total. The maximum Gasteiger partial charge on any atom is 0.244 e. The van der Waals surface area contributed by atoms with E-state index < -0.39 is 0 Å². The molecular formula is C11H21N5O. The second kappa shape index (κ2) is 6.34. The zero-order chi connectivity index (χ0) is 12.8. The Bertz CT molecular complexity index is 360. The molecule has 1 unspecified atom stereocenters. The molecule has 0 radical (unpaired) electrons. The van der Waals surface area contributed by atoms with Crippen LogP contribution in [-0.4, -0.2) is 33.5 Å². The van der Waals surface area contributed by atoms with Crippen LogP contribution in [0, 0.1) is 0 Å². The molecule has 1 rings (SSSR count). The van der Waals surface area contributed by atoms with Crippen molar-refractivity contribution in [2.75, 3.05) is 6.54 Å². The maximum atomic E-state index is 11.6. The Labute approximate surface area is 102 Å². The lowest BCUT2D eigenvalue weighted by molar-refractivity contribution is -0.124. The van der Waals surface area contributed by atoms with Gasteiger partial charge in [0.05, 0.1) is 11.9 Å². The molecule has 0 bridgehead atoms. The van der Waals surface area contributed by atoms with Crippen LogP contribution < -0.4 is 10.6 Å². The smallest absolute Gasteiger partial charge is 0.244 e. The molecule has 1 atom stereocenters. The summed E-state index contributed by atoms with van der Waals surface area (Å²) in [4.78, 5) is 11.6. The van der Waals surface area contributed by atoms with Gasteiger partial charge in [0, 0.05) is 19.1 Å². The molecule has 17 heavy (non-hydrogen) atoms. The third-order valence-corrected chi connectivity index (χ3v) is 2.38. The monoisotopic (exact) mass is 239 g/mol. The average molecular weight is 239 g/mol. The van der Waals surface area contributed by atoms with Crippen molar-refractivity contribution < 1.29 is 4.79 Å². The van der Waals surface area contributed by atoms with Gasteiger partial charge in [-0.15, -0.1) is 5.10 Å². The normalized spacial score (nSPS) is 12.8. The number of carbonyl (C=O) groups is 1. The van der Waals surface area contributed by atoms with Crippen LogP contribution in [0.1, 0.15) is 39.4 Å². The summed E-state index contributed by atoms with van der Waals surface area (Å²) in [5, 5.41) is 14.0. The fraction of sp³-hybridized carbons (Fsp3) is 0.727. The fourth-order valence-corrected chi connectivity index (χ4v) is 1.33. The summed E-state index contributed by atoms with van der Waals surface area (Å²) in [5.74, 6) is -0.0410. The van der Waals surface area contributed by atoms with Crippen LogP contribution in [0.25, 0.3) is 0 Å². The maximum absolute atomic E-state index is 11.6. The first-order chi connectivity index (χ1) is 8.04. The summed E-state index contributed by atoms with van der Waals surface area (Å²) >= 11 is 0. The summed E-state index contributed by atoms with van der Waals surface area (Å²) in [6.07, 6.45) is 1.80. The van der Waals surface area contributed by atoms with Gasteiger partial charge >= 0.3 is 0 Å². The summed E-state index contributed by atoms with van der Waals surface area (Å²) in [5.41, 5.74) is 0.842. The summed E-state index contributed by atoms with van der Waals surface area (Å²) in [6, 6.07) is 0.0798. The number of hydrogen-bond donors (Lipinski definition) is 2. The first kappa shape index (κ1) is 13.6. The molecule has 0 saturated carbocycles. The van der Waals surface area contributed by atoms with Gasteiger partial charge < -0.3 is 10.6 Å². The second-order valence-corrected chi connectivity index (χ2v) is 4.30. The Hall–Kier alpha value is -1.43. The van der Waals surface area contributed by atoms with Crippen molar-refractivity contribution in [1.29, 1.82) is 0 Å². The summed E-state index contributed by atoms with van der Waals surface area (Å²) in [6.45, 7) is 9.13. The molecule has 1 aromatic rings. The molecule has 0 fully saturated rings. The molecule has 6 nitrogen and oxygen atoms in total. The number of rotatable bonds is 6. The SMILES string of the molecule is CCNC(=O)C(C)n1cc(CNC(C)C)nn1. The van der Waals surface area contributed by atoms with Crippen LogP contribution in [0.5, 0.6) is 0 Å². The van der Waals surface area contributed by atoms with Gasteiger partial charge in [-0.05, 0) is 13.8 Å². The van der Waals surface area contributed by atoms with Crippen LogP contribution in [0.15, 0.2) is 6.20 Å². The van der Waals surface area contributed by atoms with E-state index in [0.29, 0.717) is 19.1 Å². The van der Waals surface area contributed by atoms with E-state index in [1.807, 2.05) is 6.92 Å². The molecule has 0 spiro atoms. The van der Waals surface area contributed by atoms with Crippen LogP contribution in [0.4, 0.5) is 0 Å². The molecule has 96 valence electrons. The molecule has 6 heteroatoms. The third-order valence-electron chi connectivity index (χ3n) is 2.38. The number of nitrogens with zero attached hydrogens (tertiary/aromatic N) is 3. The van der Waals surface area contributed by atoms with Crippen LogP contribution in [-0.2, 0) is 11.3 Å². The van der Waals surface area contributed by atoms with Crippen molar-refractivity contribution in [3.63, 3.8) is 0 Å². The third kappa shape index (κ3) is 4.14. The van der Waals surface area contributed by atoms with E-state index in [4.69, 9.17) is 0 Å². The number of nitrogens with one attached hydrogen (secondary N) is 2. The van der Waals surface area contributed by atoms with Crippen molar-refractivity contribution >= 4 is 5.91 Å². The van der Waals surface area contributed by atoms with Crippen molar-refractivity contribution in [3.05, 3.63) is 11.9 Å². The topological polar surface area (TPSA) is 71.8 Å². The Kier molecular flexibility index (Phi) is 5.09. The molecule has 0 aliphatic heterocycles. The standard InChI is InChI=1S/C11H21N5O/c1-5-12-11(17)9(4)16-7-10(14-15-16)6-13-8(2)3/h7-9,13H,5-6H2,1-4H3,(H,12,17). The van der Waals surface area contributed by atoms with E-state index in [9.17, 15) is 4.79 Å². The van der Waals surface area contributed by atoms with Crippen LogP contribution in [0.3, 0.4) is 0 Å². The molecule has 1 amide bonds. The lowest BCUT2D eigenvalue weighted by atomic mass is 10.3. The Balaban J connectivity index is 2.57. The lowest BCUT2D eigenvalue weighted by Crippen LogP contribution is -2.31. The largest absolute Gasteiger partial charge is 0.355 e. The van der Waals surface area contributed by atoms with Gasteiger partial charge in [0.1, 0.15) is 6.04 Å². The zero-order valence-corrected chi connectivity index (χ0v) is 10.9. The summed E-state index contributed by atoms with van der Waals surface area (Å²) in [7, 11) is 0. The molecule has 0 saturated heterocycles. The Morgan fingerprint density at radius 1 is 1.47 bits per heavy atom. The predicted octanol–water partition coefficient (Wildman–Crippen LogP) is 0.473. The van der Waals surface area contributed by atoms with Crippen molar-refractivity contribution in [2.24, 2.45) is 0 Å². The molecule has 0 aliphatic rings. The van der Waals surface area contributed by atoms with Gasteiger partial charge in [-0.2, -0.15) is 0 Å². The quantitative estimate of drug-likeness (QED) is 0.757. The second-order valence-electron chi connectivity index (χ2n) is 4.30. The Morgan fingerprint density at radius 3 is 2.76 bits per heavy atom. The van der Waals surface area contributed by atoms with E-state index in [0.717, 1.165) is 5.69 Å². The number of amides is 1. The molecular weight excluding hydrogens is 218 g/mol. The minimum absolute atomic E-state index is 0.0410. The highest BCUT2D eigenvalue weighted by Crippen LogP contribution is 2.04. The van der Waals surface area contributed by atoms with Crippen LogP contribution in [0.2, 0.25) is 0 Å². The number of carbonyl (C=O) groups excluding carboxylic acids is 1. The zero-order valence-electron chi connectivity index (χ0n) is 10.9. The molecule has 0 aliphatic carbocycles. The van der Waals surface area contributed by atoms with E-state index in [1.54, 1.807) is 17.8 Å². The molecule has 1 aromatic heterocycles. The predicted molar refractivity (Wildman–Crippen MR) is 65.4 cm³/mol. The number of likely N-dealkylation sites (N-methyl/N-ethyl adjacent to an activating group) is 1. The minimum Gasteiger partial charge on any atom is -0.355 e. The van der Waals surface area contributed by atoms with Crippen LogP contribution >= 0.6 is 0 Å². The molecule has 0 aromatic carbocycles. The minimum atomic E-state index is -0.324. The van der Waals surface area contributed by atoms with E-state index in [2.05, 4.69) is 34.8 Å². The van der Waals surface area contributed by atoms with Gasteiger partial charge in [0.25, 0.3) is 0 Å². The highest BCUT2D eigenvalue weighted by molar-refractivity contribution is 5.79.